The lowest BCUT2D eigenvalue weighted by Gasteiger charge is -2.32. The van der Waals surface area contributed by atoms with Crippen molar-refractivity contribution in [2.45, 2.75) is 25.3 Å². The molecule has 2 N–H and O–H groups in total. The van der Waals surface area contributed by atoms with E-state index in [-0.39, 0.29) is 36.4 Å². The number of likely N-dealkylation sites (tertiary alicyclic amines) is 1. The van der Waals surface area contributed by atoms with Crippen LogP contribution in [0.4, 0.5) is 0 Å². The Labute approximate surface area is 118 Å². The maximum absolute atomic E-state index is 12.1. The standard InChI is InChI=1S/C12H20N2O5S/c15-11(6-10-8-20(18,19)5-3-13-10)14-4-1-2-9(7-14)12(16)17/h9-10,13H,1-8H2,(H,16,17). The van der Waals surface area contributed by atoms with Crippen LogP contribution in [0.15, 0.2) is 0 Å². The quantitative estimate of drug-likeness (QED) is 0.699. The largest absolute Gasteiger partial charge is 0.481 e. The van der Waals surface area contributed by atoms with Crippen LogP contribution in [0.3, 0.4) is 0 Å². The van der Waals surface area contributed by atoms with Crippen LogP contribution in [-0.2, 0) is 19.4 Å². The Balaban J connectivity index is 1.89. The summed E-state index contributed by atoms with van der Waals surface area (Å²) in [6, 6.07) is -0.355. The number of carbonyl (C=O) groups is 2. The molecule has 2 atom stereocenters. The van der Waals surface area contributed by atoms with Gasteiger partial charge >= 0.3 is 5.97 Å². The van der Waals surface area contributed by atoms with Gasteiger partial charge in [-0.3, -0.25) is 9.59 Å². The van der Waals surface area contributed by atoms with Crippen molar-refractivity contribution in [2.24, 2.45) is 5.92 Å². The first-order valence-corrected chi connectivity index (χ1v) is 8.64. The number of amides is 1. The van der Waals surface area contributed by atoms with Crippen LogP contribution in [-0.4, -0.2) is 67.5 Å². The molecule has 7 nitrogen and oxygen atoms in total. The van der Waals surface area contributed by atoms with Crippen LogP contribution in [0, 0.1) is 5.92 Å². The summed E-state index contributed by atoms with van der Waals surface area (Å²) in [4.78, 5) is 24.7. The second kappa shape index (κ2) is 6.09. The van der Waals surface area contributed by atoms with E-state index in [0.29, 0.717) is 25.9 Å². The second-order valence-electron chi connectivity index (χ2n) is 5.49. The first-order chi connectivity index (χ1) is 9.37. The highest BCUT2D eigenvalue weighted by atomic mass is 32.2. The van der Waals surface area contributed by atoms with E-state index in [0.717, 1.165) is 0 Å². The zero-order valence-corrected chi connectivity index (χ0v) is 12.1. The Bertz CT molecular complexity index is 490. The summed E-state index contributed by atoms with van der Waals surface area (Å²) < 4.78 is 23.0. The molecule has 0 saturated carbocycles. The number of rotatable bonds is 3. The first kappa shape index (κ1) is 15.2. The van der Waals surface area contributed by atoms with Gasteiger partial charge in [0.15, 0.2) is 9.84 Å². The molecule has 2 aliphatic rings. The molecule has 0 radical (unpaired) electrons. The molecular formula is C12H20N2O5S. The number of carboxylic acids is 1. The van der Waals surface area contributed by atoms with Gasteiger partial charge in [-0.25, -0.2) is 8.42 Å². The average Bonchev–Trinajstić information content (AvgIpc) is 2.37. The normalized spacial score (nSPS) is 29.9. The fourth-order valence-electron chi connectivity index (χ4n) is 2.74. The lowest BCUT2D eigenvalue weighted by Crippen LogP contribution is -2.49. The third kappa shape index (κ3) is 3.92. The van der Waals surface area contributed by atoms with E-state index in [1.165, 1.54) is 0 Å². The molecule has 2 unspecified atom stereocenters. The van der Waals surface area contributed by atoms with Crippen molar-refractivity contribution >= 4 is 21.7 Å². The fourth-order valence-corrected chi connectivity index (χ4v) is 4.19. The van der Waals surface area contributed by atoms with E-state index in [1.54, 1.807) is 4.90 Å². The molecular weight excluding hydrogens is 284 g/mol. The number of carboxylic acid groups (broad SMARTS) is 1. The third-order valence-electron chi connectivity index (χ3n) is 3.85. The lowest BCUT2D eigenvalue weighted by molar-refractivity contribution is -0.145. The van der Waals surface area contributed by atoms with E-state index in [4.69, 9.17) is 5.11 Å². The van der Waals surface area contributed by atoms with Gasteiger partial charge < -0.3 is 15.3 Å². The number of piperidine rings is 1. The monoisotopic (exact) mass is 304 g/mol. The van der Waals surface area contributed by atoms with Crippen molar-refractivity contribution in [3.05, 3.63) is 0 Å². The van der Waals surface area contributed by atoms with Crippen LogP contribution in [0.5, 0.6) is 0 Å². The highest BCUT2D eigenvalue weighted by Gasteiger charge is 2.31. The molecule has 0 bridgehead atoms. The maximum atomic E-state index is 12.1. The lowest BCUT2D eigenvalue weighted by atomic mass is 9.98. The fraction of sp³-hybridized carbons (Fsp3) is 0.833. The maximum Gasteiger partial charge on any atom is 0.308 e. The molecule has 2 rings (SSSR count). The predicted octanol–water partition coefficient (Wildman–Crippen LogP) is -0.914. The minimum Gasteiger partial charge on any atom is -0.481 e. The smallest absolute Gasteiger partial charge is 0.308 e. The van der Waals surface area contributed by atoms with E-state index in [9.17, 15) is 18.0 Å². The molecule has 1 amide bonds. The van der Waals surface area contributed by atoms with Gasteiger partial charge in [0.1, 0.15) is 0 Å². The highest BCUT2D eigenvalue weighted by Crippen LogP contribution is 2.18. The van der Waals surface area contributed by atoms with Crippen LogP contribution in [0.1, 0.15) is 19.3 Å². The molecule has 20 heavy (non-hydrogen) atoms. The van der Waals surface area contributed by atoms with Gasteiger partial charge in [-0.15, -0.1) is 0 Å². The van der Waals surface area contributed by atoms with Gasteiger partial charge in [0.25, 0.3) is 0 Å². The summed E-state index contributed by atoms with van der Waals surface area (Å²) in [7, 11) is -3.06. The molecule has 0 aromatic heterocycles. The van der Waals surface area contributed by atoms with Crippen molar-refractivity contribution in [1.29, 1.82) is 0 Å². The van der Waals surface area contributed by atoms with Crippen LogP contribution in [0.25, 0.3) is 0 Å². The molecule has 0 aromatic carbocycles. The molecule has 2 heterocycles. The first-order valence-electron chi connectivity index (χ1n) is 6.82. The summed E-state index contributed by atoms with van der Waals surface area (Å²) in [5.41, 5.74) is 0. The Hall–Kier alpha value is -1.15. The van der Waals surface area contributed by atoms with Crippen molar-refractivity contribution in [3.8, 4) is 0 Å². The van der Waals surface area contributed by atoms with Crippen LogP contribution >= 0.6 is 0 Å². The van der Waals surface area contributed by atoms with Crippen molar-refractivity contribution in [3.63, 3.8) is 0 Å². The minimum absolute atomic E-state index is 0.0189. The topological polar surface area (TPSA) is 104 Å². The van der Waals surface area contributed by atoms with Gasteiger partial charge in [-0.2, -0.15) is 0 Å². The van der Waals surface area contributed by atoms with Gasteiger partial charge in [-0.05, 0) is 12.8 Å². The summed E-state index contributed by atoms with van der Waals surface area (Å²) in [6.45, 7) is 1.16. The SMILES string of the molecule is O=C(O)C1CCCN(C(=O)CC2CS(=O)(=O)CCN2)C1. The summed E-state index contributed by atoms with van der Waals surface area (Å²) >= 11 is 0. The zero-order valence-electron chi connectivity index (χ0n) is 11.2. The van der Waals surface area contributed by atoms with Gasteiger partial charge in [0, 0.05) is 32.1 Å². The average molecular weight is 304 g/mol. The molecule has 0 spiro atoms. The number of nitrogens with one attached hydrogen (secondary N) is 1. The van der Waals surface area contributed by atoms with Crippen molar-refractivity contribution in [1.82, 2.24) is 10.2 Å². The number of carbonyl (C=O) groups excluding carboxylic acids is 1. The molecule has 2 aliphatic heterocycles. The van der Waals surface area contributed by atoms with E-state index < -0.39 is 21.7 Å². The molecule has 0 aromatic rings. The van der Waals surface area contributed by atoms with E-state index in [1.807, 2.05) is 0 Å². The number of nitrogens with zero attached hydrogens (tertiary/aromatic N) is 1. The van der Waals surface area contributed by atoms with Crippen LogP contribution < -0.4 is 5.32 Å². The molecule has 0 aliphatic carbocycles. The predicted molar refractivity (Wildman–Crippen MR) is 72.0 cm³/mol. The Morgan fingerprint density at radius 2 is 2.10 bits per heavy atom. The van der Waals surface area contributed by atoms with Gasteiger partial charge in [0.05, 0.1) is 17.4 Å². The molecule has 2 saturated heterocycles. The van der Waals surface area contributed by atoms with Crippen molar-refractivity contribution in [2.75, 3.05) is 31.1 Å². The highest BCUT2D eigenvalue weighted by molar-refractivity contribution is 7.91. The summed E-state index contributed by atoms with van der Waals surface area (Å²) in [6.07, 6.45) is 1.39. The molecule has 114 valence electrons. The van der Waals surface area contributed by atoms with E-state index in [2.05, 4.69) is 5.32 Å². The van der Waals surface area contributed by atoms with Gasteiger partial charge in [-0.1, -0.05) is 0 Å². The number of hydrogen-bond acceptors (Lipinski definition) is 5. The number of aliphatic carboxylic acids is 1. The van der Waals surface area contributed by atoms with E-state index >= 15 is 0 Å². The molecule has 2 fully saturated rings. The Morgan fingerprint density at radius 3 is 2.75 bits per heavy atom. The zero-order chi connectivity index (χ0) is 14.8. The molecule has 8 heteroatoms. The Morgan fingerprint density at radius 1 is 1.35 bits per heavy atom. The number of sulfone groups is 1. The van der Waals surface area contributed by atoms with Crippen molar-refractivity contribution < 1.29 is 23.1 Å². The van der Waals surface area contributed by atoms with Crippen LogP contribution in [0.2, 0.25) is 0 Å². The second-order valence-corrected chi connectivity index (χ2v) is 7.72. The Kier molecular flexibility index (Phi) is 4.64. The summed E-state index contributed by atoms with van der Waals surface area (Å²) in [5.74, 6) is -1.44. The third-order valence-corrected chi connectivity index (χ3v) is 5.58. The summed E-state index contributed by atoms with van der Waals surface area (Å²) in [5, 5.41) is 12.0. The van der Waals surface area contributed by atoms with Gasteiger partial charge in [0.2, 0.25) is 5.91 Å². The minimum atomic E-state index is -3.06. The number of hydrogen-bond donors (Lipinski definition) is 2.